The maximum atomic E-state index is 16.6. The largest absolute Gasteiger partial charge is 0.495 e. The number of hydrazine groups is 1. The SMILES string of the molecule is COc1ccccc1N1CCN(C(=O)c2cc3c(-c4cccc(F)c4OC)cc(C4=CCCN(C(=O)CCN(N)/C=C\N)C4)c(F)c3[nH]2)CC1. The molecule has 2 amide bonds. The van der Waals surface area contributed by atoms with Gasteiger partial charge in [0.15, 0.2) is 17.4 Å². The van der Waals surface area contributed by atoms with E-state index in [1.165, 1.54) is 30.6 Å². The fourth-order valence-electron chi connectivity index (χ4n) is 6.69. The van der Waals surface area contributed by atoms with Crippen LogP contribution in [-0.2, 0) is 4.79 Å². The van der Waals surface area contributed by atoms with Crippen LogP contribution in [-0.4, -0.2) is 91.6 Å². The zero-order valence-electron chi connectivity index (χ0n) is 28.1. The number of aromatic nitrogens is 1. The number of nitrogens with two attached hydrogens (primary N) is 2. The second-order valence-electron chi connectivity index (χ2n) is 12.2. The molecule has 1 aromatic heterocycles. The average molecular weight is 686 g/mol. The Bertz CT molecular complexity index is 1950. The van der Waals surface area contributed by atoms with E-state index >= 15 is 8.78 Å². The summed E-state index contributed by atoms with van der Waals surface area (Å²) in [4.78, 5) is 35.6. The summed E-state index contributed by atoms with van der Waals surface area (Å²) in [6.07, 6.45) is 5.33. The van der Waals surface area contributed by atoms with Gasteiger partial charge in [-0.15, -0.1) is 0 Å². The van der Waals surface area contributed by atoms with Crippen LogP contribution in [0.4, 0.5) is 14.5 Å². The van der Waals surface area contributed by atoms with E-state index in [0.29, 0.717) is 61.2 Å². The molecule has 13 heteroatoms. The molecule has 262 valence electrons. The van der Waals surface area contributed by atoms with Gasteiger partial charge >= 0.3 is 0 Å². The van der Waals surface area contributed by atoms with E-state index in [9.17, 15) is 9.59 Å². The lowest BCUT2D eigenvalue weighted by atomic mass is 9.92. The number of para-hydroxylation sites is 3. The summed E-state index contributed by atoms with van der Waals surface area (Å²) in [7, 11) is 3.01. The van der Waals surface area contributed by atoms with Gasteiger partial charge in [0.25, 0.3) is 5.91 Å². The van der Waals surface area contributed by atoms with Crippen molar-refractivity contribution in [2.24, 2.45) is 11.6 Å². The molecule has 3 aromatic carbocycles. The zero-order chi connectivity index (χ0) is 35.4. The lowest BCUT2D eigenvalue weighted by Crippen LogP contribution is -2.49. The molecule has 0 unspecified atom stereocenters. The van der Waals surface area contributed by atoms with Crippen LogP contribution in [0.25, 0.3) is 27.6 Å². The first-order valence-corrected chi connectivity index (χ1v) is 16.5. The Labute approximate surface area is 289 Å². The highest BCUT2D eigenvalue weighted by molar-refractivity contribution is 6.05. The summed E-state index contributed by atoms with van der Waals surface area (Å²) in [5.74, 6) is 5.04. The molecule has 0 radical (unpaired) electrons. The van der Waals surface area contributed by atoms with Crippen molar-refractivity contribution in [3.05, 3.63) is 96.0 Å². The van der Waals surface area contributed by atoms with Crippen molar-refractivity contribution in [3.8, 4) is 22.6 Å². The Hall–Kier alpha value is -5.56. The van der Waals surface area contributed by atoms with E-state index in [0.717, 1.165) is 11.4 Å². The van der Waals surface area contributed by atoms with Crippen LogP contribution in [0.3, 0.4) is 0 Å². The lowest BCUT2D eigenvalue weighted by Gasteiger charge is -2.36. The minimum Gasteiger partial charge on any atom is -0.495 e. The number of hydrogen-bond donors (Lipinski definition) is 3. The van der Waals surface area contributed by atoms with Crippen LogP contribution in [0.15, 0.2) is 73.1 Å². The van der Waals surface area contributed by atoms with Crippen molar-refractivity contribution in [3.63, 3.8) is 0 Å². The third kappa shape index (κ3) is 6.81. The van der Waals surface area contributed by atoms with Gasteiger partial charge in [0.2, 0.25) is 5.91 Å². The highest BCUT2D eigenvalue weighted by atomic mass is 19.1. The highest BCUT2D eigenvalue weighted by Crippen LogP contribution is 2.41. The molecule has 5 N–H and O–H groups in total. The molecule has 2 aliphatic rings. The minimum absolute atomic E-state index is 0.000178. The number of piperazine rings is 1. The van der Waals surface area contributed by atoms with Crippen molar-refractivity contribution in [1.29, 1.82) is 0 Å². The molecule has 0 aliphatic carbocycles. The summed E-state index contributed by atoms with van der Waals surface area (Å²) in [6.45, 7) is 2.99. The number of carbonyl (C=O) groups excluding carboxylic acids is 2. The van der Waals surface area contributed by atoms with Gasteiger partial charge in [-0.2, -0.15) is 0 Å². The molecule has 0 bridgehead atoms. The number of nitrogens with one attached hydrogen (secondary N) is 1. The topological polar surface area (TPSA) is 133 Å². The number of aromatic amines is 1. The van der Waals surface area contributed by atoms with E-state index in [-0.39, 0.29) is 53.8 Å². The third-order valence-electron chi connectivity index (χ3n) is 9.25. The van der Waals surface area contributed by atoms with Crippen molar-refractivity contribution in [2.75, 3.05) is 64.9 Å². The molecular formula is C37H41F2N7O4. The van der Waals surface area contributed by atoms with Crippen LogP contribution in [0.5, 0.6) is 11.5 Å². The van der Waals surface area contributed by atoms with Crippen molar-refractivity contribution >= 4 is 34.0 Å². The lowest BCUT2D eigenvalue weighted by molar-refractivity contribution is -0.130. The molecule has 4 aromatic rings. The number of amides is 2. The molecular weight excluding hydrogens is 644 g/mol. The van der Waals surface area contributed by atoms with Crippen LogP contribution in [0.1, 0.15) is 28.9 Å². The number of H-pyrrole nitrogens is 1. The van der Waals surface area contributed by atoms with Crippen LogP contribution < -0.4 is 25.9 Å². The van der Waals surface area contributed by atoms with Gasteiger partial charge in [-0.1, -0.05) is 30.3 Å². The number of anilines is 1. The van der Waals surface area contributed by atoms with Gasteiger partial charge in [-0.05, 0) is 47.9 Å². The fourth-order valence-corrected chi connectivity index (χ4v) is 6.69. The number of methoxy groups -OCH3 is 2. The van der Waals surface area contributed by atoms with Gasteiger partial charge in [0.05, 0.1) is 25.4 Å². The van der Waals surface area contributed by atoms with Crippen molar-refractivity contribution in [2.45, 2.75) is 12.8 Å². The minimum atomic E-state index is -0.573. The summed E-state index contributed by atoms with van der Waals surface area (Å²) in [5.41, 5.74) is 8.40. The molecule has 1 saturated heterocycles. The summed E-state index contributed by atoms with van der Waals surface area (Å²) in [5, 5.41) is 1.74. The summed E-state index contributed by atoms with van der Waals surface area (Å²) >= 11 is 0. The smallest absolute Gasteiger partial charge is 0.270 e. The number of nitrogens with zero attached hydrogens (tertiary/aromatic N) is 4. The molecule has 50 heavy (non-hydrogen) atoms. The van der Waals surface area contributed by atoms with Crippen LogP contribution in [0.2, 0.25) is 0 Å². The molecule has 0 spiro atoms. The van der Waals surface area contributed by atoms with Gasteiger partial charge in [-0.25, -0.2) is 14.6 Å². The molecule has 2 aliphatic heterocycles. The third-order valence-corrected chi connectivity index (χ3v) is 9.25. The second kappa shape index (κ2) is 14.9. The quantitative estimate of drug-likeness (QED) is 0.162. The number of halogens is 2. The number of fused-ring (bicyclic) bond motifs is 1. The molecule has 0 saturated carbocycles. The molecule has 11 nitrogen and oxygen atoms in total. The number of benzene rings is 3. The van der Waals surface area contributed by atoms with E-state index in [1.807, 2.05) is 30.3 Å². The van der Waals surface area contributed by atoms with E-state index in [1.54, 1.807) is 41.2 Å². The first-order valence-electron chi connectivity index (χ1n) is 16.5. The Kier molecular flexibility index (Phi) is 10.2. The first-order chi connectivity index (χ1) is 24.2. The first kappa shape index (κ1) is 34.3. The van der Waals surface area contributed by atoms with E-state index < -0.39 is 11.6 Å². The van der Waals surface area contributed by atoms with Crippen LogP contribution >= 0.6 is 0 Å². The van der Waals surface area contributed by atoms with Gasteiger partial charge < -0.3 is 39.9 Å². The standard InChI is InChI=1S/C37H41F2N7O4/c1-49-32-11-4-3-10-31(32)43-17-19-44(20-18-43)37(48)30-22-28-27(25-8-5-9-29(38)36(25)50-2)21-26(34(39)35(28)42-30)24-7-6-14-45(23-24)33(47)12-15-46(41)16-13-40/h3-5,7-11,13,16,21-22,42H,6,12,14-15,17-20,23,40-41H2,1-2H3/b16-13-. The number of ether oxygens (including phenoxy) is 2. The van der Waals surface area contributed by atoms with E-state index in [2.05, 4.69) is 9.88 Å². The summed E-state index contributed by atoms with van der Waals surface area (Å²) < 4.78 is 42.6. The Balaban J connectivity index is 1.33. The maximum absolute atomic E-state index is 16.6. The van der Waals surface area contributed by atoms with Gasteiger partial charge in [-0.3, -0.25) is 9.59 Å². The predicted octanol–water partition coefficient (Wildman–Crippen LogP) is 4.70. The summed E-state index contributed by atoms with van der Waals surface area (Å²) in [6, 6.07) is 15.6. The second-order valence-corrected chi connectivity index (χ2v) is 12.2. The number of hydrogen-bond acceptors (Lipinski definition) is 8. The Morgan fingerprint density at radius 1 is 0.940 bits per heavy atom. The monoisotopic (exact) mass is 685 g/mol. The van der Waals surface area contributed by atoms with Gasteiger partial charge in [0.1, 0.15) is 11.4 Å². The van der Waals surface area contributed by atoms with Gasteiger partial charge in [0, 0.05) is 81.1 Å². The van der Waals surface area contributed by atoms with Crippen molar-refractivity contribution in [1.82, 2.24) is 19.8 Å². The van der Waals surface area contributed by atoms with E-state index in [4.69, 9.17) is 21.1 Å². The molecule has 1 fully saturated rings. The number of rotatable bonds is 10. The molecule has 3 heterocycles. The molecule has 6 rings (SSSR count). The zero-order valence-corrected chi connectivity index (χ0v) is 28.1. The Morgan fingerprint density at radius 2 is 1.72 bits per heavy atom. The Morgan fingerprint density at radius 3 is 2.46 bits per heavy atom. The van der Waals surface area contributed by atoms with Crippen molar-refractivity contribution < 1.29 is 27.8 Å². The normalized spacial score (nSPS) is 15.1. The number of carbonyl (C=O) groups is 2. The molecule has 0 atom stereocenters. The van der Waals surface area contributed by atoms with Crippen LogP contribution in [0, 0.1) is 11.6 Å². The fraction of sp³-hybridized carbons (Fsp3) is 0.297. The maximum Gasteiger partial charge on any atom is 0.270 e. The predicted molar refractivity (Wildman–Crippen MR) is 189 cm³/mol. The highest BCUT2D eigenvalue weighted by Gasteiger charge is 2.29. The average Bonchev–Trinajstić information content (AvgIpc) is 3.60.